The molecule has 0 saturated carbocycles. The first-order valence-corrected chi connectivity index (χ1v) is 10.2. The maximum Gasteiger partial charge on any atom is 0.243 e. The van der Waals surface area contributed by atoms with Crippen molar-refractivity contribution < 1.29 is 13.2 Å². The number of nitrogens with one attached hydrogen (secondary N) is 2. The maximum absolute atomic E-state index is 12.8. The van der Waals surface area contributed by atoms with E-state index >= 15 is 0 Å². The van der Waals surface area contributed by atoms with Gasteiger partial charge in [-0.25, -0.2) is 18.4 Å². The van der Waals surface area contributed by atoms with Gasteiger partial charge >= 0.3 is 0 Å². The normalized spacial score (nSPS) is 18.1. The van der Waals surface area contributed by atoms with Gasteiger partial charge in [-0.1, -0.05) is 18.2 Å². The molecule has 144 valence electrons. The summed E-state index contributed by atoms with van der Waals surface area (Å²) in [6.07, 6.45) is 1.26. The number of hydrogen-bond acceptors (Lipinski definition) is 6. The molecule has 9 heteroatoms. The average Bonchev–Trinajstić information content (AvgIpc) is 2.66. The molecule has 1 saturated heterocycles. The van der Waals surface area contributed by atoms with E-state index in [1.807, 2.05) is 19.9 Å². The van der Waals surface area contributed by atoms with Crippen LogP contribution in [-0.2, 0) is 14.8 Å². The second kappa shape index (κ2) is 8.01. The van der Waals surface area contributed by atoms with Crippen molar-refractivity contribution in [2.75, 3.05) is 18.5 Å². The van der Waals surface area contributed by atoms with Crippen LogP contribution in [0, 0.1) is 19.8 Å². The number of carbonyl (C=O) groups is 1. The molecule has 2 N–H and O–H groups in total. The number of hydrazine groups is 1. The molecule has 0 aliphatic carbocycles. The van der Waals surface area contributed by atoms with E-state index in [9.17, 15) is 13.2 Å². The molecule has 1 aliphatic heterocycles. The van der Waals surface area contributed by atoms with Crippen LogP contribution in [0.3, 0.4) is 0 Å². The maximum atomic E-state index is 12.8. The highest BCUT2D eigenvalue weighted by Gasteiger charge is 2.33. The van der Waals surface area contributed by atoms with Crippen LogP contribution in [0.4, 0.5) is 5.95 Å². The van der Waals surface area contributed by atoms with E-state index in [0.29, 0.717) is 25.3 Å². The minimum absolute atomic E-state index is 0.151. The number of nitrogens with zero attached hydrogens (tertiary/aromatic N) is 3. The number of rotatable bonds is 5. The number of aryl methyl sites for hydroxylation is 2. The van der Waals surface area contributed by atoms with Gasteiger partial charge in [0.1, 0.15) is 0 Å². The third-order valence-electron chi connectivity index (χ3n) is 4.42. The Labute approximate surface area is 159 Å². The van der Waals surface area contributed by atoms with E-state index in [4.69, 9.17) is 0 Å². The fourth-order valence-electron chi connectivity index (χ4n) is 3.12. The molecule has 27 heavy (non-hydrogen) atoms. The first-order valence-electron chi connectivity index (χ1n) is 8.79. The minimum Gasteiger partial charge on any atom is -0.273 e. The Kier molecular flexibility index (Phi) is 5.71. The van der Waals surface area contributed by atoms with Crippen LogP contribution in [0.5, 0.6) is 0 Å². The molecule has 0 spiro atoms. The second-order valence-corrected chi connectivity index (χ2v) is 8.54. The molecule has 0 radical (unpaired) electrons. The number of carbonyl (C=O) groups excluding carboxylic acids is 1. The van der Waals surface area contributed by atoms with Gasteiger partial charge in [-0.05, 0) is 44.9 Å². The lowest BCUT2D eigenvalue weighted by atomic mass is 9.99. The molecule has 1 atom stereocenters. The van der Waals surface area contributed by atoms with Crippen LogP contribution < -0.4 is 10.9 Å². The second-order valence-electron chi connectivity index (χ2n) is 6.60. The number of sulfonamides is 1. The van der Waals surface area contributed by atoms with Crippen LogP contribution in [0.1, 0.15) is 24.2 Å². The molecule has 1 amide bonds. The van der Waals surface area contributed by atoms with Gasteiger partial charge in [0, 0.05) is 24.5 Å². The number of hydrogen-bond donors (Lipinski definition) is 2. The zero-order chi connectivity index (χ0) is 19.4. The number of piperidine rings is 1. The summed E-state index contributed by atoms with van der Waals surface area (Å²) in [5.41, 5.74) is 6.90. The van der Waals surface area contributed by atoms with Crippen molar-refractivity contribution >= 4 is 21.9 Å². The van der Waals surface area contributed by atoms with E-state index in [-0.39, 0.29) is 17.3 Å². The summed E-state index contributed by atoms with van der Waals surface area (Å²) in [5, 5.41) is 0. The molecule has 3 rings (SSSR count). The number of aromatic nitrogens is 2. The van der Waals surface area contributed by atoms with Crippen molar-refractivity contribution in [3.63, 3.8) is 0 Å². The molecule has 1 aromatic heterocycles. The third kappa shape index (κ3) is 4.61. The lowest BCUT2D eigenvalue weighted by molar-refractivity contribution is -0.125. The molecule has 1 unspecified atom stereocenters. The highest BCUT2D eigenvalue weighted by molar-refractivity contribution is 7.89. The van der Waals surface area contributed by atoms with E-state index in [1.165, 1.54) is 4.31 Å². The molecular formula is C18H23N5O3S. The Bertz CT molecular complexity index is 898. The van der Waals surface area contributed by atoms with Gasteiger partial charge in [0.15, 0.2) is 0 Å². The number of amides is 1. The van der Waals surface area contributed by atoms with Gasteiger partial charge in [-0.15, -0.1) is 0 Å². The Morgan fingerprint density at radius 2 is 1.81 bits per heavy atom. The summed E-state index contributed by atoms with van der Waals surface area (Å²) in [7, 11) is -3.60. The molecule has 2 aromatic rings. The zero-order valence-corrected chi connectivity index (χ0v) is 16.2. The van der Waals surface area contributed by atoms with Crippen LogP contribution in [0.15, 0.2) is 41.3 Å². The smallest absolute Gasteiger partial charge is 0.243 e. The summed E-state index contributed by atoms with van der Waals surface area (Å²) in [5.74, 6) is -0.396. The van der Waals surface area contributed by atoms with Crippen molar-refractivity contribution in [1.82, 2.24) is 19.7 Å². The molecule has 1 fully saturated rings. The monoisotopic (exact) mass is 389 g/mol. The largest absolute Gasteiger partial charge is 0.273 e. The first-order chi connectivity index (χ1) is 12.9. The van der Waals surface area contributed by atoms with Gasteiger partial charge in [-0.2, -0.15) is 4.31 Å². The summed E-state index contributed by atoms with van der Waals surface area (Å²) >= 11 is 0. The predicted octanol–water partition coefficient (Wildman–Crippen LogP) is 1.64. The quantitative estimate of drug-likeness (QED) is 0.754. The molecule has 8 nitrogen and oxygen atoms in total. The standard InChI is InChI=1S/C18H23N5O3S/c1-13-11-14(2)20-18(19-13)22-21-17(24)15-7-6-10-23(12-15)27(25,26)16-8-4-3-5-9-16/h3-5,8-9,11,15H,6-7,10,12H2,1-2H3,(H,21,24)(H,19,20,22). The Morgan fingerprint density at radius 1 is 1.15 bits per heavy atom. The van der Waals surface area contributed by atoms with E-state index in [1.54, 1.807) is 30.3 Å². The van der Waals surface area contributed by atoms with E-state index < -0.39 is 15.9 Å². The first kappa shape index (κ1) is 19.2. The summed E-state index contributed by atoms with van der Waals surface area (Å²) in [6, 6.07) is 10.1. The van der Waals surface area contributed by atoms with Crippen molar-refractivity contribution in [3.8, 4) is 0 Å². The van der Waals surface area contributed by atoms with Crippen molar-refractivity contribution in [2.24, 2.45) is 5.92 Å². The molecular weight excluding hydrogens is 366 g/mol. The Morgan fingerprint density at radius 3 is 2.48 bits per heavy atom. The van der Waals surface area contributed by atoms with Crippen molar-refractivity contribution in [1.29, 1.82) is 0 Å². The highest BCUT2D eigenvalue weighted by Crippen LogP contribution is 2.23. The fraction of sp³-hybridized carbons (Fsp3) is 0.389. The number of benzene rings is 1. The Balaban J connectivity index is 1.64. The van der Waals surface area contributed by atoms with Gasteiger partial charge in [-0.3, -0.25) is 15.6 Å². The SMILES string of the molecule is Cc1cc(C)nc(NNC(=O)C2CCCN(S(=O)(=O)c3ccccc3)C2)n1. The van der Waals surface area contributed by atoms with Crippen LogP contribution in [-0.4, -0.2) is 41.7 Å². The molecule has 0 bridgehead atoms. The third-order valence-corrected chi connectivity index (χ3v) is 6.30. The Hall–Kier alpha value is -2.52. The molecule has 1 aromatic carbocycles. The van der Waals surface area contributed by atoms with E-state index in [0.717, 1.165) is 11.4 Å². The molecule has 1 aliphatic rings. The summed E-state index contributed by atoms with van der Waals surface area (Å²) in [4.78, 5) is 21.1. The van der Waals surface area contributed by atoms with Crippen LogP contribution in [0.2, 0.25) is 0 Å². The van der Waals surface area contributed by atoms with E-state index in [2.05, 4.69) is 20.8 Å². The van der Waals surface area contributed by atoms with Gasteiger partial charge in [0.2, 0.25) is 21.9 Å². The zero-order valence-electron chi connectivity index (χ0n) is 15.3. The molecule has 2 heterocycles. The van der Waals surface area contributed by atoms with Crippen LogP contribution in [0.25, 0.3) is 0 Å². The minimum atomic E-state index is -3.60. The average molecular weight is 389 g/mol. The van der Waals surface area contributed by atoms with Gasteiger partial charge in [0.25, 0.3) is 0 Å². The lowest BCUT2D eigenvalue weighted by Crippen LogP contribution is -2.46. The lowest BCUT2D eigenvalue weighted by Gasteiger charge is -2.31. The number of anilines is 1. The fourth-order valence-corrected chi connectivity index (χ4v) is 4.66. The summed E-state index contributed by atoms with van der Waals surface area (Å²) < 4.78 is 26.9. The van der Waals surface area contributed by atoms with Gasteiger partial charge < -0.3 is 0 Å². The van der Waals surface area contributed by atoms with Gasteiger partial charge in [0.05, 0.1) is 10.8 Å². The van der Waals surface area contributed by atoms with Crippen molar-refractivity contribution in [2.45, 2.75) is 31.6 Å². The topological polar surface area (TPSA) is 104 Å². The van der Waals surface area contributed by atoms with Crippen molar-refractivity contribution in [3.05, 3.63) is 47.8 Å². The highest BCUT2D eigenvalue weighted by atomic mass is 32.2. The predicted molar refractivity (Wildman–Crippen MR) is 101 cm³/mol. The summed E-state index contributed by atoms with van der Waals surface area (Å²) in [6.45, 7) is 4.25. The van der Waals surface area contributed by atoms with Crippen LogP contribution >= 0.6 is 0 Å².